The maximum absolute atomic E-state index is 10.5. The minimum Gasteiger partial charge on any atom is -0.492 e. The monoisotopic (exact) mass is 498 g/mol. The van der Waals surface area contributed by atoms with Gasteiger partial charge in [0.25, 0.3) is 10.1 Å². The molecule has 1 saturated heterocycles. The van der Waals surface area contributed by atoms with Crippen molar-refractivity contribution in [2.45, 2.75) is 31.4 Å². The molecule has 3 aromatic carbocycles. The average molecular weight is 499 g/mol. The van der Waals surface area contributed by atoms with Crippen LogP contribution in [-0.4, -0.2) is 56.8 Å². The SMILES string of the molecule is CCOc1ccccc1NCC1CN(Cc2ccccc2)CCO1.Cc1ccc(S(=O)(=O)O)cc1. The molecule has 0 aromatic heterocycles. The van der Waals surface area contributed by atoms with Crippen LogP contribution in [0, 0.1) is 6.92 Å². The first-order valence-corrected chi connectivity index (χ1v) is 13.2. The summed E-state index contributed by atoms with van der Waals surface area (Å²) in [6.07, 6.45) is 0.192. The maximum atomic E-state index is 10.5. The number of nitrogens with zero attached hydrogens (tertiary/aromatic N) is 1. The first kappa shape index (κ1) is 26.7. The number of rotatable bonds is 8. The van der Waals surface area contributed by atoms with Crippen molar-refractivity contribution < 1.29 is 22.4 Å². The number of morpholine rings is 1. The highest BCUT2D eigenvalue weighted by Crippen LogP contribution is 2.24. The Bertz CT molecular complexity index is 1140. The predicted octanol–water partition coefficient (Wildman–Crippen LogP) is 4.64. The van der Waals surface area contributed by atoms with Gasteiger partial charge in [-0.05, 0) is 43.7 Å². The predicted molar refractivity (Wildman–Crippen MR) is 139 cm³/mol. The summed E-state index contributed by atoms with van der Waals surface area (Å²) in [5.74, 6) is 0.900. The first-order chi connectivity index (χ1) is 16.8. The summed E-state index contributed by atoms with van der Waals surface area (Å²) in [7, 11) is -4.02. The van der Waals surface area contributed by atoms with Crippen LogP contribution >= 0.6 is 0 Å². The summed E-state index contributed by atoms with van der Waals surface area (Å²) in [6.45, 7) is 9.00. The van der Waals surface area contributed by atoms with Crippen molar-refractivity contribution in [2.24, 2.45) is 0 Å². The number of benzene rings is 3. The maximum Gasteiger partial charge on any atom is 0.294 e. The summed E-state index contributed by atoms with van der Waals surface area (Å²) in [4.78, 5) is 2.39. The summed E-state index contributed by atoms with van der Waals surface area (Å²) in [5.41, 5.74) is 3.34. The second-order valence-corrected chi connectivity index (χ2v) is 9.73. The van der Waals surface area contributed by atoms with E-state index < -0.39 is 10.1 Å². The van der Waals surface area contributed by atoms with Gasteiger partial charge >= 0.3 is 0 Å². The Labute approximate surface area is 208 Å². The van der Waals surface area contributed by atoms with E-state index in [1.165, 1.54) is 17.7 Å². The van der Waals surface area contributed by atoms with Gasteiger partial charge in [-0.3, -0.25) is 9.45 Å². The molecule has 7 nitrogen and oxygen atoms in total. The van der Waals surface area contributed by atoms with E-state index in [2.05, 4.69) is 46.6 Å². The van der Waals surface area contributed by atoms with E-state index in [0.29, 0.717) is 6.61 Å². The molecule has 35 heavy (non-hydrogen) atoms. The summed E-state index contributed by atoms with van der Waals surface area (Å²) in [5, 5.41) is 3.48. The largest absolute Gasteiger partial charge is 0.492 e. The van der Waals surface area contributed by atoms with Crippen molar-refractivity contribution in [3.05, 3.63) is 90.0 Å². The van der Waals surface area contributed by atoms with Gasteiger partial charge in [-0.25, -0.2) is 0 Å². The van der Waals surface area contributed by atoms with E-state index in [9.17, 15) is 8.42 Å². The Balaban J connectivity index is 0.000000261. The van der Waals surface area contributed by atoms with Crippen molar-refractivity contribution >= 4 is 15.8 Å². The number of hydrogen-bond donors (Lipinski definition) is 2. The Morgan fingerprint density at radius 1 is 1.03 bits per heavy atom. The van der Waals surface area contributed by atoms with Gasteiger partial charge in [0.1, 0.15) is 5.75 Å². The molecule has 3 aromatic rings. The molecule has 0 spiro atoms. The topological polar surface area (TPSA) is 88.1 Å². The van der Waals surface area contributed by atoms with Gasteiger partial charge in [-0.2, -0.15) is 8.42 Å². The van der Waals surface area contributed by atoms with Crippen molar-refractivity contribution in [1.29, 1.82) is 0 Å². The van der Waals surface area contributed by atoms with Gasteiger partial charge in [-0.15, -0.1) is 0 Å². The Morgan fingerprint density at radius 3 is 2.40 bits per heavy atom. The summed E-state index contributed by atoms with van der Waals surface area (Å²) >= 11 is 0. The molecule has 1 atom stereocenters. The van der Waals surface area contributed by atoms with Crippen LogP contribution in [0.15, 0.2) is 83.8 Å². The van der Waals surface area contributed by atoms with Gasteiger partial charge in [-0.1, -0.05) is 60.2 Å². The van der Waals surface area contributed by atoms with Crippen LogP contribution in [0.3, 0.4) is 0 Å². The Hall–Kier alpha value is -2.91. The first-order valence-electron chi connectivity index (χ1n) is 11.7. The van der Waals surface area contributed by atoms with Crippen LogP contribution in [0.25, 0.3) is 0 Å². The van der Waals surface area contributed by atoms with E-state index in [1.54, 1.807) is 12.1 Å². The molecule has 1 aliphatic rings. The summed E-state index contributed by atoms with van der Waals surface area (Å²) < 4.78 is 41.1. The Kier molecular flexibility index (Phi) is 10.1. The molecule has 1 fully saturated rings. The lowest BCUT2D eigenvalue weighted by Gasteiger charge is -2.33. The van der Waals surface area contributed by atoms with Gasteiger partial charge in [0.05, 0.1) is 29.9 Å². The number of anilines is 1. The molecule has 0 amide bonds. The highest BCUT2D eigenvalue weighted by Gasteiger charge is 2.20. The fraction of sp³-hybridized carbons (Fsp3) is 0.333. The van der Waals surface area contributed by atoms with Crippen LogP contribution in [0.5, 0.6) is 5.75 Å². The number of nitrogens with one attached hydrogen (secondary N) is 1. The van der Waals surface area contributed by atoms with Crippen molar-refractivity contribution in [3.63, 3.8) is 0 Å². The molecule has 1 aliphatic heterocycles. The van der Waals surface area contributed by atoms with E-state index in [1.807, 2.05) is 32.0 Å². The van der Waals surface area contributed by atoms with Crippen molar-refractivity contribution in [1.82, 2.24) is 4.90 Å². The van der Waals surface area contributed by atoms with Crippen molar-refractivity contribution in [3.8, 4) is 5.75 Å². The van der Waals surface area contributed by atoms with Crippen LogP contribution in [0.1, 0.15) is 18.1 Å². The van der Waals surface area contributed by atoms with Crippen LogP contribution in [0.2, 0.25) is 0 Å². The quantitative estimate of drug-likeness (QED) is 0.438. The lowest BCUT2D eigenvalue weighted by molar-refractivity contribution is -0.0240. The van der Waals surface area contributed by atoms with E-state index >= 15 is 0 Å². The van der Waals surface area contributed by atoms with Gasteiger partial charge in [0.15, 0.2) is 0 Å². The molecule has 188 valence electrons. The van der Waals surface area contributed by atoms with Gasteiger partial charge in [0.2, 0.25) is 0 Å². The molecular formula is C27H34N2O5S. The normalized spacial score (nSPS) is 16.1. The zero-order valence-electron chi connectivity index (χ0n) is 20.3. The van der Waals surface area contributed by atoms with Gasteiger partial charge < -0.3 is 14.8 Å². The molecule has 0 saturated carbocycles. The second kappa shape index (κ2) is 13.3. The van der Waals surface area contributed by atoms with E-state index in [0.717, 1.165) is 49.8 Å². The molecule has 1 unspecified atom stereocenters. The number of aryl methyl sites for hydroxylation is 1. The highest BCUT2D eigenvalue weighted by atomic mass is 32.2. The van der Waals surface area contributed by atoms with Crippen molar-refractivity contribution in [2.75, 3.05) is 38.2 Å². The molecule has 0 aliphatic carbocycles. The minimum atomic E-state index is -4.02. The second-order valence-electron chi connectivity index (χ2n) is 8.31. The zero-order chi connectivity index (χ0) is 25.1. The molecule has 2 N–H and O–H groups in total. The fourth-order valence-electron chi connectivity index (χ4n) is 3.72. The summed E-state index contributed by atoms with van der Waals surface area (Å²) in [6, 6.07) is 24.7. The molecule has 8 heteroatoms. The lowest BCUT2D eigenvalue weighted by Crippen LogP contribution is -2.44. The smallest absolute Gasteiger partial charge is 0.294 e. The van der Waals surface area contributed by atoms with Crippen LogP contribution < -0.4 is 10.1 Å². The number of para-hydroxylation sites is 2. The third-order valence-corrected chi connectivity index (χ3v) is 6.37. The van der Waals surface area contributed by atoms with Crippen LogP contribution in [0.4, 0.5) is 5.69 Å². The third kappa shape index (κ3) is 8.99. The molecular weight excluding hydrogens is 464 g/mol. The number of hydrogen-bond acceptors (Lipinski definition) is 6. The fourth-order valence-corrected chi connectivity index (χ4v) is 4.20. The zero-order valence-corrected chi connectivity index (χ0v) is 21.1. The third-order valence-electron chi connectivity index (χ3n) is 5.50. The van der Waals surface area contributed by atoms with E-state index in [4.69, 9.17) is 14.0 Å². The highest BCUT2D eigenvalue weighted by molar-refractivity contribution is 7.85. The molecule has 0 bridgehead atoms. The van der Waals surface area contributed by atoms with Gasteiger partial charge in [0, 0.05) is 26.2 Å². The molecule has 0 radical (unpaired) electrons. The molecule has 1 heterocycles. The standard InChI is InChI=1S/C20H26N2O2.C7H8O3S/c1-2-23-20-11-7-6-10-19(20)21-14-18-16-22(12-13-24-18)15-17-8-4-3-5-9-17;1-6-2-4-7(5-3-6)11(8,9)10/h3-11,18,21H,2,12-16H2,1H3;2-5H,1H3,(H,8,9,10). The lowest BCUT2D eigenvalue weighted by atomic mass is 10.2. The Morgan fingerprint density at radius 2 is 1.71 bits per heavy atom. The van der Waals surface area contributed by atoms with Crippen LogP contribution in [-0.2, 0) is 21.4 Å². The average Bonchev–Trinajstić information content (AvgIpc) is 2.85. The number of ether oxygens (including phenoxy) is 2. The molecule has 4 rings (SSSR count). The van der Waals surface area contributed by atoms with E-state index in [-0.39, 0.29) is 11.0 Å². The minimum absolute atomic E-state index is 0.0666.